The van der Waals surface area contributed by atoms with Crippen molar-refractivity contribution >= 4 is 23.0 Å². The second-order valence-electron chi connectivity index (χ2n) is 5.60. The van der Waals surface area contributed by atoms with Gasteiger partial charge in [0.05, 0.1) is 15.6 Å². The van der Waals surface area contributed by atoms with Gasteiger partial charge < -0.3 is 4.90 Å². The fourth-order valence-corrected chi connectivity index (χ4v) is 3.17. The van der Waals surface area contributed by atoms with Crippen LogP contribution in [-0.2, 0) is 6.54 Å². The monoisotopic (exact) mass is 331 g/mol. The van der Waals surface area contributed by atoms with Crippen LogP contribution in [0.25, 0.3) is 0 Å². The Hall–Kier alpha value is -2.11. The van der Waals surface area contributed by atoms with E-state index < -0.39 is 0 Å². The van der Waals surface area contributed by atoms with Gasteiger partial charge in [0.15, 0.2) is 0 Å². The molecule has 3 rings (SSSR count). The Kier molecular flexibility index (Phi) is 4.79. The highest BCUT2D eigenvalue weighted by Gasteiger charge is 2.21. The number of nitro benzene ring substituents is 1. The summed E-state index contributed by atoms with van der Waals surface area (Å²) in [7, 11) is 0. The lowest BCUT2D eigenvalue weighted by atomic mass is 10.1. The highest BCUT2D eigenvalue weighted by molar-refractivity contribution is 6.33. The van der Waals surface area contributed by atoms with Crippen molar-refractivity contribution in [3.8, 4) is 0 Å². The summed E-state index contributed by atoms with van der Waals surface area (Å²) in [6.07, 6.45) is 0. The molecule has 23 heavy (non-hydrogen) atoms. The number of nitro groups is 1. The summed E-state index contributed by atoms with van der Waals surface area (Å²) in [6.45, 7) is 4.05. The van der Waals surface area contributed by atoms with Crippen LogP contribution in [0.3, 0.4) is 0 Å². The molecule has 0 bridgehead atoms. The van der Waals surface area contributed by atoms with Crippen LogP contribution in [0, 0.1) is 10.1 Å². The van der Waals surface area contributed by atoms with E-state index in [1.807, 2.05) is 36.4 Å². The van der Waals surface area contributed by atoms with E-state index in [9.17, 15) is 10.1 Å². The van der Waals surface area contributed by atoms with Crippen LogP contribution in [0.2, 0.25) is 5.02 Å². The lowest BCUT2D eigenvalue weighted by Gasteiger charge is -2.36. The maximum atomic E-state index is 11.1. The van der Waals surface area contributed by atoms with Crippen molar-refractivity contribution in [1.29, 1.82) is 0 Å². The van der Waals surface area contributed by atoms with Crippen LogP contribution in [-0.4, -0.2) is 36.0 Å². The van der Waals surface area contributed by atoms with Gasteiger partial charge in [-0.1, -0.05) is 41.9 Å². The van der Waals surface area contributed by atoms with Crippen molar-refractivity contribution in [3.05, 3.63) is 69.2 Å². The molecule has 1 saturated heterocycles. The molecule has 0 aromatic heterocycles. The van der Waals surface area contributed by atoms with Gasteiger partial charge in [-0.2, -0.15) is 0 Å². The summed E-state index contributed by atoms with van der Waals surface area (Å²) in [6, 6.07) is 14.8. The van der Waals surface area contributed by atoms with Crippen LogP contribution >= 0.6 is 11.6 Å². The number of anilines is 1. The zero-order chi connectivity index (χ0) is 16.2. The average Bonchev–Trinajstić information content (AvgIpc) is 2.56. The number of halogens is 1. The van der Waals surface area contributed by atoms with Crippen molar-refractivity contribution in [3.63, 3.8) is 0 Å². The third-order valence-corrected chi connectivity index (χ3v) is 4.47. The van der Waals surface area contributed by atoms with E-state index in [-0.39, 0.29) is 10.6 Å². The van der Waals surface area contributed by atoms with Crippen molar-refractivity contribution < 1.29 is 4.92 Å². The summed E-state index contributed by atoms with van der Waals surface area (Å²) < 4.78 is 0. The normalized spacial score (nSPS) is 15.6. The maximum absolute atomic E-state index is 11.1. The van der Waals surface area contributed by atoms with E-state index in [1.165, 1.54) is 0 Å². The van der Waals surface area contributed by atoms with E-state index in [0.717, 1.165) is 42.5 Å². The molecule has 0 N–H and O–H groups in total. The summed E-state index contributed by atoms with van der Waals surface area (Å²) in [5.41, 5.74) is 2.02. The first kappa shape index (κ1) is 15.8. The SMILES string of the molecule is O=[N+]([O-])c1ccccc1CN1CCN(c2ccccc2Cl)CC1. The highest BCUT2D eigenvalue weighted by Crippen LogP contribution is 2.27. The fourth-order valence-electron chi connectivity index (χ4n) is 2.92. The molecular formula is C17H18ClN3O2. The molecule has 0 spiro atoms. The maximum Gasteiger partial charge on any atom is 0.273 e. The zero-order valence-corrected chi connectivity index (χ0v) is 13.4. The molecule has 0 saturated carbocycles. The first-order chi connectivity index (χ1) is 11.1. The molecule has 1 fully saturated rings. The average molecular weight is 332 g/mol. The van der Waals surface area contributed by atoms with Crippen LogP contribution in [0.15, 0.2) is 48.5 Å². The van der Waals surface area contributed by atoms with Crippen LogP contribution in [0.1, 0.15) is 5.56 Å². The van der Waals surface area contributed by atoms with E-state index in [4.69, 9.17) is 11.6 Å². The standard InChI is InChI=1S/C17H18ClN3O2/c18-15-6-2-4-8-17(15)20-11-9-19(10-12-20)13-14-5-1-3-7-16(14)21(22)23/h1-8H,9-13H2. The van der Waals surface area contributed by atoms with Gasteiger partial charge in [0, 0.05) is 44.4 Å². The first-order valence-corrected chi connectivity index (χ1v) is 7.97. The molecule has 0 radical (unpaired) electrons. The molecule has 0 unspecified atom stereocenters. The number of benzene rings is 2. The third-order valence-electron chi connectivity index (χ3n) is 4.15. The number of piperazine rings is 1. The summed E-state index contributed by atoms with van der Waals surface area (Å²) in [4.78, 5) is 15.3. The van der Waals surface area contributed by atoms with Crippen LogP contribution in [0.5, 0.6) is 0 Å². The fraction of sp³-hybridized carbons (Fsp3) is 0.294. The Labute approximate surface area is 140 Å². The zero-order valence-electron chi connectivity index (χ0n) is 12.7. The van der Waals surface area contributed by atoms with Gasteiger partial charge in [-0.05, 0) is 12.1 Å². The van der Waals surface area contributed by atoms with Gasteiger partial charge in [0.2, 0.25) is 0 Å². The van der Waals surface area contributed by atoms with Gasteiger partial charge in [0.1, 0.15) is 0 Å². The molecule has 6 heteroatoms. The number of nitrogens with zero attached hydrogens (tertiary/aromatic N) is 3. The topological polar surface area (TPSA) is 49.6 Å². The van der Waals surface area contributed by atoms with Crippen LogP contribution < -0.4 is 4.90 Å². The van der Waals surface area contributed by atoms with E-state index >= 15 is 0 Å². The highest BCUT2D eigenvalue weighted by atomic mass is 35.5. The Morgan fingerprint density at radius 2 is 1.65 bits per heavy atom. The minimum atomic E-state index is -0.310. The molecule has 0 aliphatic carbocycles. The Morgan fingerprint density at radius 1 is 1.00 bits per heavy atom. The molecule has 5 nitrogen and oxygen atoms in total. The molecule has 2 aromatic rings. The molecule has 1 aliphatic heterocycles. The van der Waals surface area contributed by atoms with Gasteiger partial charge in [-0.25, -0.2) is 0 Å². The molecule has 1 aliphatic rings. The van der Waals surface area contributed by atoms with Crippen molar-refractivity contribution in [2.24, 2.45) is 0 Å². The third kappa shape index (κ3) is 3.63. The van der Waals surface area contributed by atoms with Gasteiger partial charge in [-0.3, -0.25) is 15.0 Å². The van der Waals surface area contributed by atoms with Gasteiger partial charge >= 0.3 is 0 Å². The van der Waals surface area contributed by atoms with E-state index in [2.05, 4.69) is 9.80 Å². The minimum absolute atomic E-state index is 0.195. The van der Waals surface area contributed by atoms with Crippen molar-refractivity contribution in [2.45, 2.75) is 6.54 Å². The quantitative estimate of drug-likeness (QED) is 0.635. The predicted octanol–water partition coefficient (Wildman–Crippen LogP) is 3.57. The Balaban J connectivity index is 1.64. The summed E-state index contributed by atoms with van der Waals surface area (Å²) in [5, 5.41) is 11.9. The number of rotatable bonds is 4. The van der Waals surface area contributed by atoms with Crippen LogP contribution in [0.4, 0.5) is 11.4 Å². The molecular weight excluding hydrogens is 314 g/mol. The lowest BCUT2D eigenvalue weighted by molar-refractivity contribution is -0.385. The predicted molar refractivity (Wildman–Crippen MR) is 92.0 cm³/mol. The summed E-state index contributed by atoms with van der Waals surface area (Å²) >= 11 is 6.25. The lowest BCUT2D eigenvalue weighted by Crippen LogP contribution is -2.46. The Bertz CT molecular complexity index is 700. The molecule has 120 valence electrons. The Morgan fingerprint density at radius 3 is 2.35 bits per heavy atom. The molecule has 1 heterocycles. The van der Waals surface area contributed by atoms with Crippen molar-refractivity contribution in [1.82, 2.24) is 4.90 Å². The molecule has 0 amide bonds. The summed E-state index contributed by atoms with van der Waals surface area (Å²) in [5.74, 6) is 0. The number of hydrogen-bond donors (Lipinski definition) is 0. The molecule has 0 atom stereocenters. The molecule has 2 aromatic carbocycles. The minimum Gasteiger partial charge on any atom is -0.368 e. The number of para-hydroxylation sites is 2. The van der Waals surface area contributed by atoms with E-state index in [1.54, 1.807) is 12.1 Å². The van der Waals surface area contributed by atoms with E-state index in [0.29, 0.717) is 6.54 Å². The van der Waals surface area contributed by atoms with Gasteiger partial charge in [-0.15, -0.1) is 0 Å². The first-order valence-electron chi connectivity index (χ1n) is 7.59. The largest absolute Gasteiger partial charge is 0.368 e. The second-order valence-corrected chi connectivity index (χ2v) is 6.01. The second kappa shape index (κ2) is 6.98. The number of hydrogen-bond acceptors (Lipinski definition) is 4. The smallest absolute Gasteiger partial charge is 0.273 e. The van der Waals surface area contributed by atoms with Crippen molar-refractivity contribution in [2.75, 3.05) is 31.1 Å². The van der Waals surface area contributed by atoms with Gasteiger partial charge in [0.25, 0.3) is 5.69 Å².